The van der Waals surface area contributed by atoms with Crippen LogP contribution in [-0.2, 0) is 14.8 Å². The SMILES string of the molecule is O=C(O)c1c(F)cc(CS(=O)(=O)Cl)c(F)c1F. The van der Waals surface area contributed by atoms with Gasteiger partial charge in [0.05, 0.1) is 5.75 Å². The van der Waals surface area contributed by atoms with Gasteiger partial charge in [0.15, 0.2) is 11.6 Å². The number of carboxylic acids is 1. The summed E-state index contributed by atoms with van der Waals surface area (Å²) in [6, 6.07) is 0.280. The molecule has 0 aliphatic carbocycles. The van der Waals surface area contributed by atoms with Crippen molar-refractivity contribution in [3.63, 3.8) is 0 Å². The van der Waals surface area contributed by atoms with Crippen LogP contribution in [0.4, 0.5) is 13.2 Å². The van der Waals surface area contributed by atoms with Gasteiger partial charge in [0.25, 0.3) is 0 Å². The number of carboxylic acid groups (broad SMARTS) is 1. The van der Waals surface area contributed by atoms with E-state index in [0.29, 0.717) is 0 Å². The third-order valence-electron chi connectivity index (χ3n) is 1.78. The first-order valence-corrected chi connectivity index (χ1v) is 6.43. The molecule has 0 atom stereocenters. The predicted molar refractivity (Wildman–Crippen MR) is 51.8 cm³/mol. The van der Waals surface area contributed by atoms with Gasteiger partial charge in [0.2, 0.25) is 9.05 Å². The van der Waals surface area contributed by atoms with Crippen molar-refractivity contribution in [3.8, 4) is 0 Å². The van der Waals surface area contributed by atoms with E-state index in [1.165, 1.54) is 0 Å². The molecular formula is C8H4ClF3O4S. The first kappa shape index (κ1) is 13.8. The molecule has 17 heavy (non-hydrogen) atoms. The molecule has 0 radical (unpaired) electrons. The van der Waals surface area contributed by atoms with Crippen LogP contribution in [0.15, 0.2) is 6.07 Å². The molecule has 0 unspecified atom stereocenters. The Balaban J connectivity index is 3.45. The first-order valence-electron chi connectivity index (χ1n) is 3.95. The van der Waals surface area contributed by atoms with Crippen molar-refractivity contribution in [2.45, 2.75) is 5.75 Å². The summed E-state index contributed by atoms with van der Waals surface area (Å²) >= 11 is 0. The summed E-state index contributed by atoms with van der Waals surface area (Å²) in [5.41, 5.74) is -2.36. The number of aromatic carboxylic acids is 1. The molecule has 1 N–H and O–H groups in total. The monoisotopic (exact) mass is 288 g/mol. The smallest absolute Gasteiger partial charge is 0.341 e. The van der Waals surface area contributed by atoms with Crippen LogP contribution in [0.25, 0.3) is 0 Å². The Labute approximate surface area is 98.0 Å². The average Bonchev–Trinajstić information content (AvgIpc) is 2.10. The van der Waals surface area contributed by atoms with Crippen LogP contribution < -0.4 is 0 Å². The molecule has 1 rings (SSSR count). The van der Waals surface area contributed by atoms with E-state index in [4.69, 9.17) is 15.8 Å². The zero-order valence-electron chi connectivity index (χ0n) is 7.88. The van der Waals surface area contributed by atoms with Crippen molar-refractivity contribution in [1.29, 1.82) is 0 Å². The normalized spacial score (nSPS) is 11.5. The van der Waals surface area contributed by atoms with E-state index >= 15 is 0 Å². The zero-order chi connectivity index (χ0) is 13.4. The summed E-state index contributed by atoms with van der Waals surface area (Å²) in [6.07, 6.45) is 0. The number of hydrogen-bond donors (Lipinski definition) is 1. The fraction of sp³-hybridized carbons (Fsp3) is 0.125. The maximum atomic E-state index is 13.2. The molecule has 0 aromatic heterocycles. The standard InChI is InChI=1S/C8H4ClF3O4S/c9-17(15,16)2-3-1-4(10)5(8(13)14)7(12)6(3)11/h1H,2H2,(H,13,14). The molecule has 4 nitrogen and oxygen atoms in total. The average molecular weight is 289 g/mol. The molecule has 0 saturated carbocycles. The lowest BCUT2D eigenvalue weighted by Crippen LogP contribution is -2.10. The zero-order valence-corrected chi connectivity index (χ0v) is 9.45. The molecule has 0 fully saturated rings. The number of rotatable bonds is 3. The molecule has 0 bridgehead atoms. The second kappa shape index (κ2) is 4.53. The van der Waals surface area contributed by atoms with E-state index in [2.05, 4.69) is 0 Å². The molecule has 0 heterocycles. The lowest BCUT2D eigenvalue weighted by molar-refractivity contribution is 0.0685. The fourth-order valence-electron chi connectivity index (χ4n) is 1.13. The molecule has 1 aromatic rings. The second-order valence-electron chi connectivity index (χ2n) is 3.01. The minimum Gasteiger partial charge on any atom is -0.477 e. The minimum atomic E-state index is -4.21. The van der Waals surface area contributed by atoms with Crippen LogP contribution in [0.5, 0.6) is 0 Å². The largest absolute Gasteiger partial charge is 0.477 e. The van der Waals surface area contributed by atoms with Crippen LogP contribution in [0.1, 0.15) is 15.9 Å². The van der Waals surface area contributed by atoms with Gasteiger partial charge in [-0.25, -0.2) is 26.4 Å². The molecule has 9 heteroatoms. The van der Waals surface area contributed by atoms with E-state index in [0.717, 1.165) is 0 Å². The third kappa shape index (κ3) is 3.10. The maximum absolute atomic E-state index is 13.2. The van der Waals surface area contributed by atoms with Crippen molar-refractivity contribution in [1.82, 2.24) is 0 Å². The highest BCUT2D eigenvalue weighted by atomic mass is 35.7. The van der Waals surface area contributed by atoms with Crippen molar-refractivity contribution in [2.24, 2.45) is 0 Å². The highest BCUT2D eigenvalue weighted by Gasteiger charge is 2.25. The van der Waals surface area contributed by atoms with Crippen molar-refractivity contribution in [2.75, 3.05) is 0 Å². The van der Waals surface area contributed by atoms with Gasteiger partial charge in [-0.3, -0.25) is 0 Å². The molecule has 0 aliphatic rings. The van der Waals surface area contributed by atoms with Crippen LogP contribution in [-0.4, -0.2) is 19.5 Å². The topological polar surface area (TPSA) is 71.4 Å². The van der Waals surface area contributed by atoms with Crippen LogP contribution in [0, 0.1) is 17.5 Å². The van der Waals surface area contributed by atoms with Crippen LogP contribution in [0.3, 0.4) is 0 Å². The van der Waals surface area contributed by atoms with Gasteiger partial charge >= 0.3 is 5.97 Å². The van der Waals surface area contributed by atoms with Gasteiger partial charge in [-0.15, -0.1) is 0 Å². The Kier molecular flexibility index (Phi) is 3.68. The van der Waals surface area contributed by atoms with E-state index in [-0.39, 0.29) is 6.07 Å². The van der Waals surface area contributed by atoms with E-state index in [1.807, 2.05) is 0 Å². The Hall–Kier alpha value is -1.28. The molecule has 0 saturated heterocycles. The number of hydrogen-bond acceptors (Lipinski definition) is 3. The summed E-state index contributed by atoms with van der Waals surface area (Å²) in [5.74, 6) is -8.44. The molecule has 0 spiro atoms. The molecule has 0 aliphatic heterocycles. The molecular weight excluding hydrogens is 285 g/mol. The maximum Gasteiger partial charge on any atom is 0.341 e. The summed E-state index contributed by atoms with van der Waals surface area (Å²) in [6.45, 7) is 0. The van der Waals surface area contributed by atoms with Gasteiger partial charge in [0.1, 0.15) is 11.4 Å². The Bertz CT molecular complexity index is 585. The molecule has 0 amide bonds. The minimum absolute atomic E-state index is 0.280. The van der Waals surface area contributed by atoms with Gasteiger partial charge < -0.3 is 5.11 Å². The van der Waals surface area contributed by atoms with Crippen molar-refractivity contribution in [3.05, 3.63) is 34.6 Å². The quantitative estimate of drug-likeness (QED) is 0.681. The van der Waals surface area contributed by atoms with E-state index in [9.17, 15) is 26.4 Å². The number of carbonyl (C=O) groups is 1. The predicted octanol–water partition coefficient (Wildman–Crippen LogP) is 1.87. The summed E-state index contributed by atoms with van der Waals surface area (Å²) in [7, 11) is 0.576. The van der Waals surface area contributed by atoms with Gasteiger partial charge in [-0.05, 0) is 6.07 Å². The van der Waals surface area contributed by atoms with Gasteiger partial charge in [-0.2, -0.15) is 0 Å². The van der Waals surface area contributed by atoms with Crippen LogP contribution in [0.2, 0.25) is 0 Å². The van der Waals surface area contributed by atoms with Gasteiger partial charge in [-0.1, -0.05) is 0 Å². The van der Waals surface area contributed by atoms with Crippen molar-refractivity contribution < 1.29 is 31.5 Å². The summed E-state index contributed by atoms with van der Waals surface area (Å²) in [4.78, 5) is 10.4. The highest BCUT2D eigenvalue weighted by Crippen LogP contribution is 2.22. The Morgan fingerprint density at radius 3 is 2.24 bits per heavy atom. The summed E-state index contributed by atoms with van der Waals surface area (Å²) < 4.78 is 60.7. The van der Waals surface area contributed by atoms with Crippen molar-refractivity contribution >= 4 is 25.7 Å². The third-order valence-corrected chi connectivity index (χ3v) is 2.76. The highest BCUT2D eigenvalue weighted by molar-refractivity contribution is 8.13. The Morgan fingerprint density at radius 2 is 1.82 bits per heavy atom. The van der Waals surface area contributed by atoms with E-state index in [1.54, 1.807) is 0 Å². The van der Waals surface area contributed by atoms with Gasteiger partial charge in [0, 0.05) is 16.2 Å². The van der Waals surface area contributed by atoms with Crippen LogP contribution >= 0.6 is 10.7 Å². The first-order chi connectivity index (χ1) is 7.63. The fourth-order valence-corrected chi connectivity index (χ4v) is 2.07. The number of halogens is 4. The number of benzene rings is 1. The summed E-state index contributed by atoms with van der Waals surface area (Å²) in [5, 5.41) is 8.40. The lowest BCUT2D eigenvalue weighted by atomic mass is 10.1. The second-order valence-corrected chi connectivity index (χ2v) is 5.79. The Morgan fingerprint density at radius 1 is 1.29 bits per heavy atom. The van der Waals surface area contributed by atoms with E-state index < -0.39 is 49.4 Å². The molecule has 94 valence electrons. The molecule has 1 aromatic carbocycles. The lowest BCUT2D eigenvalue weighted by Gasteiger charge is -2.05.